The first-order valence-electron chi connectivity index (χ1n) is 5.29. The average Bonchev–Trinajstić information content (AvgIpc) is 2.57. The first-order chi connectivity index (χ1) is 8.09. The summed E-state index contributed by atoms with van der Waals surface area (Å²) in [7, 11) is 0. The SMILES string of the molecule is C[C@H]1O[C@H](Br)C(F)C1OC(=O)c1ccccc1. The highest BCUT2D eigenvalue weighted by Gasteiger charge is 2.44. The van der Waals surface area contributed by atoms with Crippen molar-refractivity contribution in [1.82, 2.24) is 0 Å². The van der Waals surface area contributed by atoms with Gasteiger partial charge < -0.3 is 9.47 Å². The number of halogens is 2. The second-order valence-electron chi connectivity index (χ2n) is 3.87. The molecular formula is C12H12BrFO3. The lowest BCUT2D eigenvalue weighted by Gasteiger charge is -2.16. The first kappa shape index (κ1) is 12.5. The van der Waals surface area contributed by atoms with E-state index < -0.39 is 29.4 Å². The Kier molecular flexibility index (Phi) is 3.79. The second-order valence-corrected chi connectivity index (χ2v) is 4.78. The summed E-state index contributed by atoms with van der Waals surface area (Å²) in [5, 5.41) is -0.717. The van der Waals surface area contributed by atoms with Crippen molar-refractivity contribution in [2.45, 2.75) is 30.3 Å². The molecule has 4 atom stereocenters. The van der Waals surface area contributed by atoms with Crippen molar-refractivity contribution in [1.29, 1.82) is 0 Å². The number of carbonyl (C=O) groups excluding carboxylic acids is 1. The number of alkyl halides is 2. The molecule has 1 aromatic carbocycles. The molecule has 3 nitrogen and oxygen atoms in total. The summed E-state index contributed by atoms with van der Waals surface area (Å²) in [5.74, 6) is -0.532. The van der Waals surface area contributed by atoms with Gasteiger partial charge in [-0.05, 0) is 19.1 Å². The molecule has 0 aliphatic carbocycles. The Bertz CT molecular complexity index is 398. The van der Waals surface area contributed by atoms with Gasteiger partial charge >= 0.3 is 5.97 Å². The fraction of sp³-hybridized carbons (Fsp3) is 0.417. The highest BCUT2D eigenvalue weighted by atomic mass is 79.9. The quantitative estimate of drug-likeness (QED) is 0.622. The van der Waals surface area contributed by atoms with Crippen LogP contribution in [0.3, 0.4) is 0 Å². The first-order valence-corrected chi connectivity index (χ1v) is 6.21. The molecule has 1 fully saturated rings. The number of rotatable bonds is 2. The zero-order chi connectivity index (χ0) is 12.4. The van der Waals surface area contributed by atoms with Crippen LogP contribution < -0.4 is 0 Å². The zero-order valence-corrected chi connectivity index (χ0v) is 10.8. The predicted octanol–water partition coefficient (Wildman–Crippen LogP) is 2.69. The van der Waals surface area contributed by atoms with Crippen molar-refractivity contribution >= 4 is 21.9 Å². The molecule has 2 unspecified atom stereocenters. The molecule has 2 rings (SSSR count). The van der Waals surface area contributed by atoms with Crippen LogP contribution in [0.4, 0.5) is 4.39 Å². The number of ether oxygens (including phenoxy) is 2. The fourth-order valence-electron chi connectivity index (χ4n) is 1.69. The summed E-state index contributed by atoms with van der Waals surface area (Å²) in [6.45, 7) is 1.68. The molecule has 5 heteroatoms. The van der Waals surface area contributed by atoms with E-state index in [2.05, 4.69) is 15.9 Å². The van der Waals surface area contributed by atoms with Gasteiger partial charge in [-0.1, -0.05) is 34.1 Å². The van der Waals surface area contributed by atoms with Crippen LogP contribution in [0.1, 0.15) is 17.3 Å². The van der Waals surface area contributed by atoms with E-state index in [9.17, 15) is 9.18 Å². The highest BCUT2D eigenvalue weighted by Crippen LogP contribution is 2.30. The van der Waals surface area contributed by atoms with Gasteiger partial charge in [-0.25, -0.2) is 9.18 Å². The van der Waals surface area contributed by atoms with Crippen molar-refractivity contribution in [3.05, 3.63) is 35.9 Å². The number of hydrogen-bond donors (Lipinski definition) is 0. The predicted molar refractivity (Wildman–Crippen MR) is 63.8 cm³/mol. The lowest BCUT2D eigenvalue weighted by Crippen LogP contribution is -2.32. The number of hydrogen-bond acceptors (Lipinski definition) is 3. The van der Waals surface area contributed by atoms with Gasteiger partial charge in [0.25, 0.3) is 0 Å². The van der Waals surface area contributed by atoms with Crippen LogP contribution in [0.15, 0.2) is 30.3 Å². The molecule has 0 bridgehead atoms. The average molecular weight is 303 g/mol. The molecule has 17 heavy (non-hydrogen) atoms. The molecule has 0 radical (unpaired) electrons. The number of carbonyl (C=O) groups is 1. The summed E-state index contributed by atoms with van der Waals surface area (Å²) in [4.78, 5) is 11.7. The smallest absolute Gasteiger partial charge is 0.338 e. The van der Waals surface area contributed by atoms with E-state index in [1.165, 1.54) is 0 Å². The molecule has 1 aromatic rings. The molecule has 92 valence electrons. The van der Waals surface area contributed by atoms with E-state index in [1.807, 2.05) is 0 Å². The van der Waals surface area contributed by atoms with Gasteiger partial charge in [0.05, 0.1) is 11.7 Å². The monoisotopic (exact) mass is 302 g/mol. The van der Waals surface area contributed by atoms with Gasteiger partial charge in [-0.2, -0.15) is 0 Å². The van der Waals surface area contributed by atoms with E-state index in [0.29, 0.717) is 5.56 Å². The Morgan fingerprint density at radius 1 is 1.41 bits per heavy atom. The standard InChI is InChI=1S/C12H12BrFO3/c1-7-10(9(14)11(13)16-7)17-12(15)8-5-3-2-4-6-8/h2-7,9-11H,1H3/t7-,9?,10?,11+/m1/s1. The highest BCUT2D eigenvalue weighted by molar-refractivity contribution is 9.09. The summed E-state index contributed by atoms with van der Waals surface area (Å²) >= 11 is 3.04. The minimum Gasteiger partial charge on any atom is -0.453 e. The Morgan fingerprint density at radius 2 is 2.06 bits per heavy atom. The Labute approximate surface area is 107 Å². The fourth-order valence-corrected chi connectivity index (χ4v) is 2.33. The molecule has 1 heterocycles. The normalized spacial score (nSPS) is 32.4. The minimum absolute atomic E-state index is 0.407. The third-order valence-electron chi connectivity index (χ3n) is 2.62. The van der Waals surface area contributed by atoms with E-state index in [1.54, 1.807) is 37.3 Å². The van der Waals surface area contributed by atoms with Gasteiger partial charge in [0.2, 0.25) is 0 Å². The summed E-state index contributed by atoms with van der Waals surface area (Å²) < 4.78 is 24.0. The minimum atomic E-state index is -1.35. The zero-order valence-electron chi connectivity index (χ0n) is 9.18. The van der Waals surface area contributed by atoms with Gasteiger partial charge in [-0.3, -0.25) is 0 Å². The van der Waals surface area contributed by atoms with Crippen LogP contribution in [0.5, 0.6) is 0 Å². The van der Waals surface area contributed by atoms with Crippen LogP contribution in [0.2, 0.25) is 0 Å². The van der Waals surface area contributed by atoms with Crippen molar-refractivity contribution in [3.63, 3.8) is 0 Å². The summed E-state index contributed by atoms with van der Waals surface area (Å²) in [6, 6.07) is 8.50. The molecule has 0 aromatic heterocycles. The van der Waals surface area contributed by atoms with Crippen LogP contribution in [-0.4, -0.2) is 29.4 Å². The lowest BCUT2D eigenvalue weighted by molar-refractivity contribution is -0.00286. The summed E-state index contributed by atoms with van der Waals surface area (Å²) in [5.41, 5.74) is 0.407. The largest absolute Gasteiger partial charge is 0.453 e. The lowest BCUT2D eigenvalue weighted by atomic mass is 10.2. The number of benzene rings is 1. The van der Waals surface area contributed by atoms with Crippen LogP contribution in [-0.2, 0) is 9.47 Å². The maximum absolute atomic E-state index is 13.7. The van der Waals surface area contributed by atoms with Crippen molar-refractivity contribution in [3.8, 4) is 0 Å². The molecular weight excluding hydrogens is 291 g/mol. The van der Waals surface area contributed by atoms with E-state index in [0.717, 1.165) is 0 Å². The molecule has 1 aliphatic heterocycles. The van der Waals surface area contributed by atoms with E-state index in [-0.39, 0.29) is 0 Å². The van der Waals surface area contributed by atoms with Gasteiger partial charge in [-0.15, -0.1) is 0 Å². The van der Waals surface area contributed by atoms with Gasteiger partial charge in [0.15, 0.2) is 12.3 Å². The second kappa shape index (κ2) is 5.14. The summed E-state index contributed by atoms with van der Waals surface area (Å²) in [6.07, 6.45) is -2.67. The third-order valence-corrected chi connectivity index (χ3v) is 3.35. The Balaban J connectivity index is 2.04. The number of esters is 1. The molecule has 0 amide bonds. The van der Waals surface area contributed by atoms with Crippen LogP contribution in [0, 0.1) is 0 Å². The molecule has 0 N–H and O–H groups in total. The van der Waals surface area contributed by atoms with Crippen LogP contribution in [0.25, 0.3) is 0 Å². The van der Waals surface area contributed by atoms with E-state index in [4.69, 9.17) is 9.47 Å². The molecule has 1 aliphatic rings. The van der Waals surface area contributed by atoms with E-state index >= 15 is 0 Å². The Morgan fingerprint density at radius 3 is 2.59 bits per heavy atom. The Hall–Kier alpha value is -0.940. The van der Waals surface area contributed by atoms with Gasteiger partial charge in [0.1, 0.15) is 5.01 Å². The van der Waals surface area contributed by atoms with Crippen molar-refractivity contribution in [2.75, 3.05) is 0 Å². The van der Waals surface area contributed by atoms with Crippen molar-refractivity contribution in [2.24, 2.45) is 0 Å². The van der Waals surface area contributed by atoms with Crippen molar-refractivity contribution < 1.29 is 18.7 Å². The van der Waals surface area contributed by atoms with Crippen LogP contribution >= 0.6 is 15.9 Å². The maximum atomic E-state index is 13.7. The topological polar surface area (TPSA) is 35.5 Å². The molecule has 1 saturated heterocycles. The molecule has 0 spiro atoms. The molecule has 0 saturated carbocycles. The van der Waals surface area contributed by atoms with Gasteiger partial charge in [0, 0.05) is 0 Å². The maximum Gasteiger partial charge on any atom is 0.338 e. The third kappa shape index (κ3) is 2.66.